The number of halogens is 2. The maximum atomic E-state index is 13.4. The van der Waals surface area contributed by atoms with Crippen LogP contribution in [0.4, 0.5) is 14.5 Å². The molecule has 0 spiro atoms. The van der Waals surface area contributed by atoms with Gasteiger partial charge in [-0.3, -0.25) is 14.2 Å². The Morgan fingerprint density at radius 3 is 2.70 bits per heavy atom. The summed E-state index contributed by atoms with van der Waals surface area (Å²) in [6.07, 6.45) is 3.97. The van der Waals surface area contributed by atoms with E-state index < -0.39 is 11.6 Å². The van der Waals surface area contributed by atoms with Crippen LogP contribution in [0.1, 0.15) is 42.2 Å². The van der Waals surface area contributed by atoms with E-state index in [1.54, 1.807) is 4.57 Å². The lowest BCUT2D eigenvalue weighted by Crippen LogP contribution is -2.27. The topological polar surface area (TPSA) is 64.0 Å². The first-order valence-electron chi connectivity index (χ1n) is 9.75. The van der Waals surface area contributed by atoms with Crippen molar-refractivity contribution in [2.45, 2.75) is 50.7 Å². The van der Waals surface area contributed by atoms with E-state index in [-0.39, 0.29) is 28.9 Å². The molecule has 2 aromatic heterocycles. The molecule has 0 unspecified atom stereocenters. The molecule has 0 atom stereocenters. The van der Waals surface area contributed by atoms with Crippen molar-refractivity contribution in [2.75, 3.05) is 11.1 Å². The highest BCUT2D eigenvalue weighted by atomic mass is 32.2. The van der Waals surface area contributed by atoms with E-state index in [2.05, 4.69) is 5.32 Å². The lowest BCUT2D eigenvalue weighted by molar-refractivity contribution is -0.113. The van der Waals surface area contributed by atoms with Gasteiger partial charge in [0.05, 0.1) is 11.1 Å². The molecular formula is C21H21F2N3O2S2. The van der Waals surface area contributed by atoms with Crippen LogP contribution >= 0.6 is 23.1 Å². The second-order valence-electron chi connectivity index (χ2n) is 7.44. The number of carbonyl (C=O) groups is 1. The SMILES string of the molecule is Cc1sc2nc(SCC(=O)Nc3ccc(F)c(F)c3)n(C3CCCC3)c(=O)c2c1C. The molecule has 0 bridgehead atoms. The van der Waals surface area contributed by atoms with E-state index in [0.29, 0.717) is 15.4 Å². The Morgan fingerprint density at radius 2 is 2.00 bits per heavy atom. The van der Waals surface area contributed by atoms with Crippen LogP contribution < -0.4 is 10.9 Å². The monoisotopic (exact) mass is 449 g/mol. The van der Waals surface area contributed by atoms with E-state index >= 15 is 0 Å². The molecule has 30 heavy (non-hydrogen) atoms. The van der Waals surface area contributed by atoms with Crippen LogP contribution in [0.15, 0.2) is 28.2 Å². The summed E-state index contributed by atoms with van der Waals surface area (Å²) in [6.45, 7) is 3.92. The Morgan fingerprint density at radius 1 is 1.27 bits per heavy atom. The number of hydrogen-bond acceptors (Lipinski definition) is 5. The molecule has 1 amide bonds. The number of nitrogens with zero attached hydrogens (tertiary/aromatic N) is 2. The molecular weight excluding hydrogens is 428 g/mol. The molecule has 4 rings (SSSR count). The van der Waals surface area contributed by atoms with E-state index in [0.717, 1.165) is 48.3 Å². The molecule has 1 aliphatic rings. The third kappa shape index (κ3) is 4.00. The molecule has 1 aliphatic carbocycles. The van der Waals surface area contributed by atoms with Gasteiger partial charge in [-0.25, -0.2) is 13.8 Å². The molecule has 9 heteroatoms. The normalized spacial score (nSPS) is 14.5. The first kappa shape index (κ1) is 21.0. The fourth-order valence-electron chi connectivity index (χ4n) is 3.78. The van der Waals surface area contributed by atoms with Crippen molar-refractivity contribution < 1.29 is 13.6 Å². The first-order valence-corrected chi connectivity index (χ1v) is 11.6. The van der Waals surface area contributed by atoms with Gasteiger partial charge in [0.1, 0.15) is 4.83 Å². The van der Waals surface area contributed by atoms with Gasteiger partial charge in [0.25, 0.3) is 5.56 Å². The number of benzene rings is 1. The Labute approximate surface area is 180 Å². The van der Waals surface area contributed by atoms with Crippen molar-refractivity contribution in [1.29, 1.82) is 0 Å². The Balaban J connectivity index is 1.61. The fraction of sp³-hybridized carbons (Fsp3) is 0.381. The highest BCUT2D eigenvalue weighted by molar-refractivity contribution is 7.99. The molecule has 1 fully saturated rings. The summed E-state index contributed by atoms with van der Waals surface area (Å²) in [7, 11) is 0. The van der Waals surface area contributed by atoms with Crippen LogP contribution in [0, 0.1) is 25.5 Å². The number of rotatable bonds is 5. The van der Waals surface area contributed by atoms with Crippen LogP contribution in [0.5, 0.6) is 0 Å². The fourth-order valence-corrected chi connectivity index (χ4v) is 5.71. The molecule has 158 valence electrons. The molecule has 1 saturated carbocycles. The summed E-state index contributed by atoms with van der Waals surface area (Å²) >= 11 is 2.67. The summed E-state index contributed by atoms with van der Waals surface area (Å²) in [4.78, 5) is 32.1. The number of nitrogens with one attached hydrogen (secondary N) is 1. The van der Waals surface area contributed by atoms with Crippen LogP contribution in [-0.4, -0.2) is 21.2 Å². The van der Waals surface area contributed by atoms with Gasteiger partial charge >= 0.3 is 0 Å². The van der Waals surface area contributed by atoms with Gasteiger partial charge in [0, 0.05) is 22.7 Å². The number of thiophene rings is 1. The van der Waals surface area contributed by atoms with Crippen molar-refractivity contribution in [3.63, 3.8) is 0 Å². The predicted molar refractivity (Wildman–Crippen MR) is 117 cm³/mol. The molecule has 5 nitrogen and oxygen atoms in total. The van der Waals surface area contributed by atoms with Gasteiger partial charge in [-0.05, 0) is 44.4 Å². The van der Waals surface area contributed by atoms with Gasteiger partial charge in [-0.1, -0.05) is 24.6 Å². The smallest absolute Gasteiger partial charge is 0.263 e. The summed E-state index contributed by atoms with van der Waals surface area (Å²) in [5, 5.41) is 3.75. The number of aromatic nitrogens is 2. The molecule has 0 radical (unpaired) electrons. The highest BCUT2D eigenvalue weighted by Crippen LogP contribution is 2.34. The maximum absolute atomic E-state index is 13.4. The van der Waals surface area contributed by atoms with Gasteiger partial charge < -0.3 is 5.32 Å². The minimum Gasteiger partial charge on any atom is -0.325 e. The predicted octanol–water partition coefficient (Wildman–Crippen LogP) is 5.20. The van der Waals surface area contributed by atoms with Crippen molar-refractivity contribution in [1.82, 2.24) is 9.55 Å². The van der Waals surface area contributed by atoms with Crippen molar-refractivity contribution in [2.24, 2.45) is 0 Å². The van der Waals surface area contributed by atoms with Crippen LogP contribution in [-0.2, 0) is 4.79 Å². The minimum absolute atomic E-state index is 0.00695. The lowest BCUT2D eigenvalue weighted by Gasteiger charge is -2.18. The van der Waals surface area contributed by atoms with Crippen LogP contribution in [0.25, 0.3) is 10.2 Å². The van der Waals surface area contributed by atoms with Crippen molar-refractivity contribution in [3.05, 3.63) is 50.6 Å². The van der Waals surface area contributed by atoms with Gasteiger partial charge in [-0.2, -0.15) is 0 Å². The molecule has 2 heterocycles. The van der Waals surface area contributed by atoms with Gasteiger partial charge in [-0.15, -0.1) is 11.3 Å². The maximum Gasteiger partial charge on any atom is 0.263 e. The zero-order valence-corrected chi connectivity index (χ0v) is 18.3. The quantitative estimate of drug-likeness (QED) is 0.430. The number of hydrogen-bond donors (Lipinski definition) is 1. The standard InChI is InChI=1S/C21H21F2N3O2S2/c1-11-12(2)30-19-18(11)20(28)26(14-5-3-4-6-14)21(25-19)29-10-17(27)24-13-7-8-15(22)16(23)9-13/h7-9,14H,3-6,10H2,1-2H3,(H,24,27). The number of thioether (sulfide) groups is 1. The number of amides is 1. The van der Waals surface area contributed by atoms with Gasteiger partial charge in [0.2, 0.25) is 5.91 Å². The number of aryl methyl sites for hydroxylation is 2. The lowest BCUT2D eigenvalue weighted by atomic mass is 10.2. The third-order valence-corrected chi connectivity index (χ3v) is 7.48. The van der Waals surface area contributed by atoms with E-state index in [1.807, 2.05) is 13.8 Å². The summed E-state index contributed by atoms with van der Waals surface area (Å²) in [5.74, 6) is -2.36. The average molecular weight is 450 g/mol. The number of carbonyl (C=O) groups excluding carboxylic acids is 1. The molecule has 0 aliphatic heterocycles. The Kier molecular flexibility index (Phi) is 5.92. The second-order valence-corrected chi connectivity index (χ2v) is 9.58. The molecule has 3 aromatic rings. The second kappa shape index (κ2) is 8.47. The minimum atomic E-state index is -1.02. The molecule has 1 N–H and O–H groups in total. The molecule has 0 saturated heterocycles. The first-order chi connectivity index (χ1) is 14.3. The van der Waals surface area contributed by atoms with Crippen LogP contribution in [0.2, 0.25) is 0 Å². The van der Waals surface area contributed by atoms with Crippen molar-refractivity contribution in [3.8, 4) is 0 Å². The van der Waals surface area contributed by atoms with Gasteiger partial charge in [0.15, 0.2) is 16.8 Å². The Bertz CT molecular complexity index is 1180. The zero-order valence-electron chi connectivity index (χ0n) is 16.6. The zero-order chi connectivity index (χ0) is 21.4. The highest BCUT2D eigenvalue weighted by Gasteiger charge is 2.25. The Hall–Kier alpha value is -2.26. The summed E-state index contributed by atoms with van der Waals surface area (Å²) in [6, 6.07) is 3.29. The van der Waals surface area contributed by atoms with E-state index in [1.165, 1.54) is 29.2 Å². The van der Waals surface area contributed by atoms with E-state index in [9.17, 15) is 18.4 Å². The largest absolute Gasteiger partial charge is 0.325 e. The van der Waals surface area contributed by atoms with Crippen LogP contribution in [0.3, 0.4) is 0 Å². The van der Waals surface area contributed by atoms with E-state index in [4.69, 9.17) is 4.98 Å². The summed E-state index contributed by atoms with van der Waals surface area (Å²) < 4.78 is 28.2. The number of anilines is 1. The average Bonchev–Trinajstić information content (AvgIpc) is 3.32. The third-order valence-electron chi connectivity index (χ3n) is 5.43. The molecule has 1 aromatic carbocycles. The number of fused-ring (bicyclic) bond motifs is 1. The van der Waals surface area contributed by atoms with Crippen molar-refractivity contribution >= 4 is 44.9 Å². The summed E-state index contributed by atoms with van der Waals surface area (Å²) in [5.41, 5.74) is 1.10.